The van der Waals surface area contributed by atoms with E-state index in [0.717, 1.165) is 42.0 Å². The van der Waals surface area contributed by atoms with Gasteiger partial charge in [0.15, 0.2) is 0 Å². The standard InChI is InChI=1S/C18H20N4O/c1-13-4-6-15(7-5-13)23-11-14-3-2-10-22(14)18-16-8-9-19-17(16)20-12-21-18/h4-9,12,14H,2-3,10-11H2,1H3,(H,19,20,21)/t14-/m1/s1. The van der Waals surface area contributed by atoms with E-state index in [0.29, 0.717) is 12.6 Å². The minimum Gasteiger partial charge on any atom is -0.491 e. The van der Waals surface area contributed by atoms with Crippen molar-refractivity contribution >= 4 is 16.9 Å². The van der Waals surface area contributed by atoms with Crippen molar-refractivity contribution in [2.45, 2.75) is 25.8 Å². The van der Waals surface area contributed by atoms with Crippen LogP contribution < -0.4 is 9.64 Å². The maximum atomic E-state index is 6.00. The van der Waals surface area contributed by atoms with Crippen molar-refractivity contribution in [3.05, 3.63) is 48.4 Å². The van der Waals surface area contributed by atoms with Gasteiger partial charge in [0, 0.05) is 12.7 Å². The molecule has 1 atom stereocenters. The fourth-order valence-corrected chi connectivity index (χ4v) is 3.20. The first-order valence-corrected chi connectivity index (χ1v) is 8.05. The van der Waals surface area contributed by atoms with Crippen LogP contribution in [0.2, 0.25) is 0 Å². The molecule has 2 aromatic heterocycles. The van der Waals surface area contributed by atoms with Crippen molar-refractivity contribution in [3.63, 3.8) is 0 Å². The Morgan fingerprint density at radius 3 is 2.96 bits per heavy atom. The Morgan fingerprint density at radius 2 is 2.09 bits per heavy atom. The van der Waals surface area contributed by atoms with Gasteiger partial charge < -0.3 is 14.6 Å². The number of nitrogens with zero attached hydrogens (tertiary/aromatic N) is 3. The highest BCUT2D eigenvalue weighted by atomic mass is 16.5. The van der Waals surface area contributed by atoms with Gasteiger partial charge in [-0.15, -0.1) is 0 Å². The van der Waals surface area contributed by atoms with E-state index in [2.05, 4.69) is 38.9 Å². The van der Waals surface area contributed by atoms with Gasteiger partial charge in [0.05, 0.1) is 11.4 Å². The van der Waals surface area contributed by atoms with Gasteiger partial charge in [-0.2, -0.15) is 0 Å². The highest BCUT2D eigenvalue weighted by Crippen LogP contribution is 2.29. The Bertz CT molecular complexity index is 796. The summed E-state index contributed by atoms with van der Waals surface area (Å²) in [7, 11) is 0. The monoisotopic (exact) mass is 308 g/mol. The van der Waals surface area contributed by atoms with Gasteiger partial charge in [0.2, 0.25) is 0 Å². The van der Waals surface area contributed by atoms with Crippen molar-refractivity contribution in [3.8, 4) is 5.75 Å². The summed E-state index contributed by atoms with van der Waals surface area (Å²) in [6.07, 6.45) is 5.83. The smallest absolute Gasteiger partial charge is 0.142 e. The van der Waals surface area contributed by atoms with Crippen LogP contribution >= 0.6 is 0 Å². The third kappa shape index (κ3) is 2.74. The lowest BCUT2D eigenvalue weighted by Gasteiger charge is -2.26. The zero-order valence-electron chi connectivity index (χ0n) is 13.2. The summed E-state index contributed by atoms with van der Waals surface area (Å²) in [5.74, 6) is 1.93. The summed E-state index contributed by atoms with van der Waals surface area (Å²) in [5, 5.41) is 1.08. The molecular weight excluding hydrogens is 288 g/mol. The molecular formula is C18H20N4O. The molecule has 1 saturated heterocycles. The first kappa shape index (κ1) is 14.1. The summed E-state index contributed by atoms with van der Waals surface area (Å²) in [6, 6.07) is 10.6. The molecule has 0 spiro atoms. The number of ether oxygens (including phenoxy) is 1. The van der Waals surface area contributed by atoms with Crippen molar-refractivity contribution in [1.29, 1.82) is 0 Å². The highest BCUT2D eigenvalue weighted by Gasteiger charge is 2.27. The number of H-pyrrole nitrogens is 1. The minimum absolute atomic E-state index is 0.351. The summed E-state index contributed by atoms with van der Waals surface area (Å²) in [5.41, 5.74) is 2.13. The van der Waals surface area contributed by atoms with Crippen molar-refractivity contribution < 1.29 is 4.74 Å². The fourth-order valence-electron chi connectivity index (χ4n) is 3.20. The molecule has 3 aromatic rings. The van der Waals surface area contributed by atoms with E-state index in [-0.39, 0.29) is 0 Å². The average molecular weight is 308 g/mol. The van der Waals surface area contributed by atoms with Gasteiger partial charge in [-0.1, -0.05) is 17.7 Å². The number of hydrogen-bond donors (Lipinski definition) is 1. The zero-order valence-corrected chi connectivity index (χ0v) is 13.2. The molecule has 1 aromatic carbocycles. The molecule has 0 unspecified atom stereocenters. The van der Waals surface area contributed by atoms with E-state index in [1.165, 1.54) is 5.56 Å². The maximum Gasteiger partial charge on any atom is 0.142 e. The quantitative estimate of drug-likeness (QED) is 0.803. The number of hydrogen-bond acceptors (Lipinski definition) is 4. The topological polar surface area (TPSA) is 54.0 Å². The van der Waals surface area contributed by atoms with Crippen molar-refractivity contribution in [2.24, 2.45) is 0 Å². The predicted octanol–water partition coefficient (Wildman–Crippen LogP) is 3.31. The first-order valence-electron chi connectivity index (χ1n) is 8.05. The van der Waals surface area contributed by atoms with Crippen LogP contribution in [0.5, 0.6) is 5.75 Å². The number of aryl methyl sites for hydroxylation is 1. The molecule has 0 aliphatic carbocycles. The summed E-state index contributed by atoms with van der Waals surface area (Å²) in [6.45, 7) is 3.78. The molecule has 118 valence electrons. The lowest BCUT2D eigenvalue weighted by atomic mass is 10.2. The van der Waals surface area contributed by atoms with E-state index >= 15 is 0 Å². The van der Waals surface area contributed by atoms with E-state index in [4.69, 9.17) is 4.74 Å². The van der Waals surface area contributed by atoms with Crippen LogP contribution in [0.15, 0.2) is 42.9 Å². The summed E-state index contributed by atoms with van der Waals surface area (Å²) in [4.78, 5) is 14.3. The lowest BCUT2D eigenvalue weighted by Crippen LogP contribution is -2.34. The number of anilines is 1. The van der Waals surface area contributed by atoms with Crippen LogP contribution in [0.1, 0.15) is 18.4 Å². The molecule has 0 saturated carbocycles. The summed E-state index contributed by atoms with van der Waals surface area (Å²) >= 11 is 0. The molecule has 3 heterocycles. The van der Waals surface area contributed by atoms with Crippen LogP contribution in [-0.2, 0) is 0 Å². The Balaban J connectivity index is 1.52. The molecule has 5 nitrogen and oxygen atoms in total. The van der Waals surface area contributed by atoms with Crippen molar-refractivity contribution in [2.75, 3.05) is 18.1 Å². The second-order valence-electron chi connectivity index (χ2n) is 6.05. The minimum atomic E-state index is 0.351. The number of rotatable bonds is 4. The second-order valence-corrected chi connectivity index (χ2v) is 6.05. The molecule has 0 amide bonds. The molecule has 1 fully saturated rings. The van der Waals surface area contributed by atoms with Gasteiger partial charge >= 0.3 is 0 Å². The number of aromatic nitrogens is 3. The van der Waals surface area contributed by atoms with E-state index in [1.807, 2.05) is 24.4 Å². The molecule has 0 radical (unpaired) electrons. The summed E-state index contributed by atoms with van der Waals surface area (Å²) < 4.78 is 6.00. The Hall–Kier alpha value is -2.56. The third-order valence-corrected chi connectivity index (χ3v) is 4.45. The highest BCUT2D eigenvalue weighted by molar-refractivity contribution is 5.87. The van der Waals surface area contributed by atoms with Crippen LogP contribution in [0.3, 0.4) is 0 Å². The number of fused-ring (bicyclic) bond motifs is 1. The molecule has 1 aliphatic rings. The zero-order chi connectivity index (χ0) is 15.6. The van der Waals surface area contributed by atoms with Gasteiger partial charge in [-0.05, 0) is 38.0 Å². The molecule has 1 aliphatic heterocycles. The Kier molecular flexibility index (Phi) is 3.61. The number of benzene rings is 1. The molecule has 1 N–H and O–H groups in total. The van der Waals surface area contributed by atoms with Gasteiger partial charge in [0.25, 0.3) is 0 Å². The molecule has 5 heteroatoms. The Morgan fingerprint density at radius 1 is 1.22 bits per heavy atom. The second kappa shape index (κ2) is 5.91. The van der Waals surface area contributed by atoms with Crippen LogP contribution in [0.25, 0.3) is 11.0 Å². The normalized spacial score (nSPS) is 17.8. The molecule has 23 heavy (non-hydrogen) atoms. The lowest BCUT2D eigenvalue weighted by molar-refractivity contribution is 0.288. The predicted molar refractivity (Wildman–Crippen MR) is 90.9 cm³/mol. The largest absolute Gasteiger partial charge is 0.491 e. The SMILES string of the molecule is Cc1ccc(OC[C@H]2CCCN2c2ncnc3[nH]ccc23)cc1. The van der Waals surface area contributed by atoms with Gasteiger partial charge in [-0.3, -0.25) is 0 Å². The number of aromatic amines is 1. The first-order chi connectivity index (χ1) is 11.3. The van der Waals surface area contributed by atoms with Gasteiger partial charge in [-0.25, -0.2) is 9.97 Å². The van der Waals surface area contributed by atoms with E-state index in [9.17, 15) is 0 Å². The van der Waals surface area contributed by atoms with E-state index in [1.54, 1.807) is 6.33 Å². The van der Waals surface area contributed by atoms with Crippen LogP contribution in [-0.4, -0.2) is 34.1 Å². The van der Waals surface area contributed by atoms with E-state index < -0.39 is 0 Å². The number of nitrogens with one attached hydrogen (secondary N) is 1. The Labute approximate surface area is 135 Å². The van der Waals surface area contributed by atoms with Crippen molar-refractivity contribution in [1.82, 2.24) is 15.0 Å². The molecule has 4 rings (SSSR count). The average Bonchev–Trinajstić information content (AvgIpc) is 3.23. The molecule has 0 bridgehead atoms. The van der Waals surface area contributed by atoms with Crippen LogP contribution in [0, 0.1) is 6.92 Å². The maximum absolute atomic E-state index is 6.00. The van der Waals surface area contributed by atoms with Crippen LogP contribution in [0.4, 0.5) is 5.82 Å². The third-order valence-electron chi connectivity index (χ3n) is 4.45. The van der Waals surface area contributed by atoms with Gasteiger partial charge in [0.1, 0.15) is 30.1 Å². The fraction of sp³-hybridized carbons (Fsp3) is 0.333.